The Balaban J connectivity index is 1.30. The number of hydrogen-bond acceptors (Lipinski definition) is 8. The molecule has 2 saturated heterocycles. The molecule has 2 fully saturated rings. The molecule has 0 spiro atoms. The second-order valence-electron chi connectivity index (χ2n) is 7.66. The highest BCUT2D eigenvalue weighted by Gasteiger charge is 2.28. The number of carbonyl (C=O) groups excluding carboxylic acids is 1. The summed E-state index contributed by atoms with van der Waals surface area (Å²) in [4.78, 5) is 21.5. The zero-order chi connectivity index (χ0) is 20.8. The van der Waals surface area contributed by atoms with Gasteiger partial charge < -0.3 is 24.2 Å². The fourth-order valence-corrected chi connectivity index (χ4v) is 3.87. The Bertz CT molecular complexity index is 819. The summed E-state index contributed by atoms with van der Waals surface area (Å²) < 4.78 is 16.0. The van der Waals surface area contributed by atoms with Gasteiger partial charge in [-0.15, -0.1) is 0 Å². The van der Waals surface area contributed by atoms with Gasteiger partial charge in [-0.3, -0.25) is 9.69 Å². The quantitative estimate of drug-likeness (QED) is 0.726. The largest absolute Gasteiger partial charge is 0.497 e. The highest BCUT2D eigenvalue weighted by Crippen LogP contribution is 2.25. The van der Waals surface area contributed by atoms with Crippen LogP contribution in [0.15, 0.2) is 28.8 Å². The van der Waals surface area contributed by atoms with Gasteiger partial charge in [0.25, 0.3) is 0 Å². The second-order valence-corrected chi connectivity index (χ2v) is 7.66. The molecule has 9 heteroatoms. The van der Waals surface area contributed by atoms with Gasteiger partial charge in [0.05, 0.1) is 26.2 Å². The van der Waals surface area contributed by atoms with Crippen molar-refractivity contribution in [3.8, 4) is 17.1 Å². The molecule has 1 N–H and O–H groups in total. The molecule has 0 radical (unpaired) electrons. The standard InChI is InChI=1S/C21H29N5O4/c1-28-18-6-4-16(5-7-18)19-23-21(30-24-19)26-9-2-3-17(15-26)20(27)22-8-10-25-11-13-29-14-12-25/h4-7,17H,2-3,8-15H2,1H3,(H,22,27)/t17-/m0/s1. The molecule has 1 aromatic carbocycles. The molecule has 0 saturated carbocycles. The van der Waals surface area contributed by atoms with Crippen LogP contribution in [-0.4, -0.2) is 80.5 Å². The van der Waals surface area contributed by atoms with Crippen molar-refractivity contribution in [2.24, 2.45) is 5.92 Å². The predicted molar refractivity (Wildman–Crippen MR) is 111 cm³/mol. The Morgan fingerprint density at radius 2 is 2.03 bits per heavy atom. The molecule has 4 rings (SSSR count). The summed E-state index contributed by atoms with van der Waals surface area (Å²) in [6, 6.07) is 7.99. The molecule has 162 valence electrons. The predicted octanol–water partition coefficient (Wildman–Crippen LogP) is 1.41. The van der Waals surface area contributed by atoms with Crippen LogP contribution in [0.4, 0.5) is 6.01 Å². The summed E-state index contributed by atoms with van der Waals surface area (Å²) >= 11 is 0. The Hall–Kier alpha value is -2.65. The number of hydrogen-bond donors (Lipinski definition) is 1. The van der Waals surface area contributed by atoms with E-state index in [1.54, 1.807) is 7.11 Å². The maximum Gasteiger partial charge on any atom is 0.324 e. The van der Waals surface area contributed by atoms with Crippen molar-refractivity contribution in [2.45, 2.75) is 12.8 Å². The summed E-state index contributed by atoms with van der Waals surface area (Å²) in [6.07, 6.45) is 1.79. The van der Waals surface area contributed by atoms with Crippen LogP contribution in [0.3, 0.4) is 0 Å². The van der Waals surface area contributed by atoms with Crippen LogP contribution >= 0.6 is 0 Å². The van der Waals surface area contributed by atoms with E-state index in [0.717, 1.165) is 63.5 Å². The lowest BCUT2D eigenvalue weighted by molar-refractivity contribution is -0.125. The van der Waals surface area contributed by atoms with E-state index in [-0.39, 0.29) is 11.8 Å². The number of piperidine rings is 1. The van der Waals surface area contributed by atoms with E-state index in [4.69, 9.17) is 14.0 Å². The zero-order valence-electron chi connectivity index (χ0n) is 17.4. The van der Waals surface area contributed by atoms with Crippen molar-refractivity contribution in [1.29, 1.82) is 0 Å². The maximum absolute atomic E-state index is 12.6. The number of anilines is 1. The molecule has 9 nitrogen and oxygen atoms in total. The fraction of sp³-hybridized carbons (Fsp3) is 0.571. The van der Waals surface area contributed by atoms with Crippen LogP contribution in [0.1, 0.15) is 12.8 Å². The number of amides is 1. The number of nitrogens with one attached hydrogen (secondary N) is 1. The third-order valence-electron chi connectivity index (χ3n) is 5.66. The molecule has 1 atom stereocenters. The van der Waals surface area contributed by atoms with Gasteiger partial charge in [-0.05, 0) is 37.1 Å². The summed E-state index contributed by atoms with van der Waals surface area (Å²) in [5.41, 5.74) is 0.861. The van der Waals surface area contributed by atoms with Gasteiger partial charge in [0, 0.05) is 44.8 Å². The number of aromatic nitrogens is 2. The Morgan fingerprint density at radius 3 is 2.80 bits per heavy atom. The van der Waals surface area contributed by atoms with E-state index in [2.05, 4.69) is 20.4 Å². The molecule has 2 aliphatic heterocycles. The first-order chi connectivity index (χ1) is 14.7. The molecule has 2 aliphatic rings. The number of methoxy groups -OCH3 is 1. The van der Waals surface area contributed by atoms with Crippen LogP contribution in [-0.2, 0) is 9.53 Å². The van der Waals surface area contributed by atoms with Gasteiger partial charge in [-0.1, -0.05) is 5.16 Å². The topological polar surface area (TPSA) is 93.0 Å². The van der Waals surface area contributed by atoms with E-state index in [9.17, 15) is 4.79 Å². The SMILES string of the molecule is COc1ccc(-c2noc(N3CCC[C@H](C(=O)NCCN4CCOCC4)C3)n2)cc1. The summed E-state index contributed by atoms with van der Waals surface area (Å²) in [5, 5.41) is 7.19. The molecule has 0 bridgehead atoms. The number of rotatable bonds is 7. The van der Waals surface area contributed by atoms with Gasteiger partial charge in [0.1, 0.15) is 5.75 Å². The highest BCUT2D eigenvalue weighted by atomic mass is 16.5. The average Bonchev–Trinajstić information content (AvgIpc) is 3.30. The highest BCUT2D eigenvalue weighted by molar-refractivity contribution is 5.79. The second kappa shape index (κ2) is 9.90. The molecular formula is C21H29N5O4. The molecule has 30 heavy (non-hydrogen) atoms. The van der Waals surface area contributed by atoms with Crippen molar-refractivity contribution in [3.05, 3.63) is 24.3 Å². The van der Waals surface area contributed by atoms with Crippen molar-refractivity contribution < 1.29 is 18.8 Å². The van der Waals surface area contributed by atoms with Gasteiger partial charge in [-0.2, -0.15) is 4.98 Å². The summed E-state index contributed by atoms with van der Waals surface area (Å²) in [6.45, 7) is 6.33. The van der Waals surface area contributed by atoms with Gasteiger partial charge in [-0.25, -0.2) is 0 Å². The number of carbonyl (C=O) groups is 1. The summed E-state index contributed by atoms with van der Waals surface area (Å²) in [7, 11) is 1.63. The monoisotopic (exact) mass is 415 g/mol. The Labute approximate surface area is 176 Å². The third-order valence-corrected chi connectivity index (χ3v) is 5.66. The van der Waals surface area contributed by atoms with Crippen molar-refractivity contribution in [1.82, 2.24) is 20.4 Å². The van der Waals surface area contributed by atoms with Crippen LogP contribution in [0.2, 0.25) is 0 Å². The van der Waals surface area contributed by atoms with Crippen LogP contribution in [0.5, 0.6) is 5.75 Å². The molecule has 1 aromatic heterocycles. The van der Waals surface area contributed by atoms with E-state index >= 15 is 0 Å². The van der Waals surface area contributed by atoms with Crippen LogP contribution < -0.4 is 15.0 Å². The van der Waals surface area contributed by atoms with E-state index in [1.807, 2.05) is 29.2 Å². The minimum atomic E-state index is -0.0697. The zero-order valence-corrected chi connectivity index (χ0v) is 17.4. The Kier molecular flexibility index (Phi) is 6.81. The molecule has 1 amide bonds. The first-order valence-corrected chi connectivity index (χ1v) is 10.5. The number of morpholine rings is 1. The molecule has 2 aromatic rings. The third kappa shape index (κ3) is 5.09. The molecule has 0 unspecified atom stereocenters. The van der Waals surface area contributed by atoms with Gasteiger partial charge in [0.15, 0.2) is 0 Å². The number of ether oxygens (including phenoxy) is 2. The minimum absolute atomic E-state index is 0.0697. The van der Waals surface area contributed by atoms with Crippen molar-refractivity contribution in [3.63, 3.8) is 0 Å². The van der Waals surface area contributed by atoms with Gasteiger partial charge in [0.2, 0.25) is 11.7 Å². The normalized spacial score (nSPS) is 20.2. The molecule has 0 aliphatic carbocycles. The van der Waals surface area contributed by atoms with E-state index in [1.165, 1.54) is 0 Å². The molecule has 3 heterocycles. The van der Waals surface area contributed by atoms with Crippen LogP contribution in [0.25, 0.3) is 11.4 Å². The van der Waals surface area contributed by atoms with Gasteiger partial charge >= 0.3 is 6.01 Å². The lowest BCUT2D eigenvalue weighted by atomic mass is 9.97. The molecular weight excluding hydrogens is 386 g/mol. The van der Waals surface area contributed by atoms with E-state index in [0.29, 0.717) is 24.9 Å². The first kappa shape index (κ1) is 20.6. The maximum atomic E-state index is 12.6. The summed E-state index contributed by atoms with van der Waals surface area (Å²) in [5.74, 6) is 1.34. The van der Waals surface area contributed by atoms with Crippen molar-refractivity contribution >= 4 is 11.9 Å². The smallest absolute Gasteiger partial charge is 0.324 e. The lowest BCUT2D eigenvalue weighted by Crippen LogP contribution is -2.46. The van der Waals surface area contributed by atoms with Crippen LogP contribution in [0, 0.1) is 5.92 Å². The first-order valence-electron chi connectivity index (χ1n) is 10.5. The minimum Gasteiger partial charge on any atom is -0.497 e. The Morgan fingerprint density at radius 1 is 1.23 bits per heavy atom. The lowest BCUT2D eigenvalue weighted by Gasteiger charge is -2.31. The average molecular weight is 415 g/mol. The number of benzene rings is 1. The number of nitrogens with zero attached hydrogens (tertiary/aromatic N) is 4. The fourth-order valence-electron chi connectivity index (χ4n) is 3.87. The van der Waals surface area contributed by atoms with Crippen molar-refractivity contribution in [2.75, 3.05) is 64.5 Å². The van der Waals surface area contributed by atoms with E-state index < -0.39 is 0 Å².